The van der Waals surface area contributed by atoms with Gasteiger partial charge in [-0.1, -0.05) is 46.0 Å². The highest BCUT2D eigenvalue weighted by Gasteiger charge is 2.56. The molecule has 0 saturated carbocycles. The van der Waals surface area contributed by atoms with Crippen molar-refractivity contribution in [1.29, 1.82) is 0 Å². The lowest BCUT2D eigenvalue weighted by atomic mass is 9.82. The smallest absolute Gasteiger partial charge is 0.220 e. The maximum atomic E-state index is 12.2. The normalized spacial score (nSPS) is 30.1. The Labute approximate surface area is 99.8 Å². The van der Waals surface area contributed by atoms with Gasteiger partial charge in [0.05, 0.1) is 5.92 Å². The molecular formula is C13H23NOSi. The van der Waals surface area contributed by atoms with E-state index in [0.29, 0.717) is 17.9 Å². The Morgan fingerprint density at radius 2 is 1.81 bits per heavy atom. The number of β-lactam (4-membered cyclic amide) rings is 1. The Bertz CT molecular complexity index is 340. The van der Waals surface area contributed by atoms with Gasteiger partial charge in [-0.2, -0.15) is 0 Å². The molecule has 0 unspecified atom stereocenters. The standard InChI is InChI=1S/C13H23NOSi/c1-13(2,3)16(4,5)14-11-9-7-6-8-10(11)12(14)15/h6-7,10-11H,8-9H2,1-5H3/t10-,11+/m1/s1. The second-order valence-electron chi connectivity index (χ2n) is 6.63. The van der Waals surface area contributed by atoms with Gasteiger partial charge in [0.2, 0.25) is 5.91 Å². The molecule has 1 saturated heterocycles. The summed E-state index contributed by atoms with van der Waals surface area (Å²) >= 11 is 0. The van der Waals surface area contributed by atoms with Crippen LogP contribution in [0.15, 0.2) is 12.2 Å². The maximum Gasteiger partial charge on any atom is 0.220 e. The largest absolute Gasteiger partial charge is 0.365 e. The fourth-order valence-electron chi connectivity index (χ4n) is 2.66. The van der Waals surface area contributed by atoms with Crippen molar-refractivity contribution in [3.05, 3.63) is 12.2 Å². The van der Waals surface area contributed by atoms with Gasteiger partial charge in [0.25, 0.3) is 0 Å². The summed E-state index contributed by atoms with van der Waals surface area (Å²) in [5.74, 6) is 0.722. The van der Waals surface area contributed by atoms with E-state index >= 15 is 0 Å². The van der Waals surface area contributed by atoms with E-state index in [2.05, 4.69) is 50.6 Å². The lowest BCUT2D eigenvalue weighted by Gasteiger charge is -2.59. The summed E-state index contributed by atoms with van der Waals surface area (Å²) in [6.45, 7) is 11.5. The van der Waals surface area contributed by atoms with Crippen LogP contribution in [0.1, 0.15) is 33.6 Å². The highest BCUT2D eigenvalue weighted by atomic mass is 28.3. The van der Waals surface area contributed by atoms with Crippen LogP contribution < -0.4 is 0 Å². The Morgan fingerprint density at radius 1 is 1.25 bits per heavy atom. The molecule has 2 rings (SSSR count). The van der Waals surface area contributed by atoms with Gasteiger partial charge in [0.15, 0.2) is 8.24 Å². The van der Waals surface area contributed by atoms with Crippen LogP contribution in [0.2, 0.25) is 18.1 Å². The number of fused-ring (bicyclic) bond motifs is 1. The molecule has 1 amide bonds. The van der Waals surface area contributed by atoms with Gasteiger partial charge in [-0.3, -0.25) is 4.79 Å². The first-order valence-electron chi connectivity index (χ1n) is 6.25. The third kappa shape index (κ3) is 1.48. The van der Waals surface area contributed by atoms with Crippen molar-refractivity contribution in [2.45, 2.75) is 57.8 Å². The summed E-state index contributed by atoms with van der Waals surface area (Å²) in [5, 5.41) is 0.259. The van der Waals surface area contributed by atoms with Crippen LogP contribution in [0.3, 0.4) is 0 Å². The summed E-state index contributed by atoms with van der Waals surface area (Å²) < 4.78 is 2.27. The van der Waals surface area contributed by atoms with Crippen LogP contribution in [0.5, 0.6) is 0 Å². The molecule has 2 aliphatic rings. The second kappa shape index (κ2) is 3.46. The highest BCUT2D eigenvalue weighted by Crippen LogP contribution is 2.47. The van der Waals surface area contributed by atoms with E-state index in [4.69, 9.17) is 0 Å². The summed E-state index contributed by atoms with van der Waals surface area (Å²) in [6, 6.07) is 0.512. The Kier molecular flexibility index (Phi) is 2.57. The number of hydrogen-bond donors (Lipinski definition) is 0. The van der Waals surface area contributed by atoms with Gasteiger partial charge >= 0.3 is 0 Å². The van der Waals surface area contributed by atoms with E-state index in [0.717, 1.165) is 12.8 Å². The zero-order valence-corrected chi connectivity index (χ0v) is 12.1. The van der Waals surface area contributed by atoms with Crippen LogP contribution in [0.25, 0.3) is 0 Å². The van der Waals surface area contributed by atoms with Crippen LogP contribution in [-0.2, 0) is 4.79 Å². The molecule has 0 aromatic carbocycles. The zero-order valence-electron chi connectivity index (χ0n) is 11.1. The van der Waals surface area contributed by atoms with E-state index in [9.17, 15) is 4.79 Å². The molecule has 0 spiro atoms. The maximum absolute atomic E-state index is 12.2. The van der Waals surface area contributed by atoms with Gasteiger partial charge in [-0.25, -0.2) is 0 Å². The fourth-order valence-corrected chi connectivity index (χ4v) is 5.22. The van der Waals surface area contributed by atoms with E-state index in [1.165, 1.54) is 0 Å². The third-order valence-electron chi connectivity index (χ3n) is 4.72. The average molecular weight is 237 g/mol. The van der Waals surface area contributed by atoms with Gasteiger partial charge in [0, 0.05) is 6.04 Å². The monoisotopic (exact) mass is 237 g/mol. The molecule has 1 heterocycles. The number of nitrogens with zero attached hydrogens (tertiary/aromatic N) is 1. The SMILES string of the molecule is CC(C)(C)[Si](C)(C)N1C(=O)[C@@H]2CC=CC[C@@H]21. The van der Waals surface area contributed by atoms with Crippen LogP contribution in [0, 0.1) is 5.92 Å². The van der Waals surface area contributed by atoms with Crippen LogP contribution in [0.4, 0.5) is 0 Å². The Balaban J connectivity index is 2.24. The second-order valence-corrected chi connectivity index (χ2v) is 11.7. The molecule has 3 heteroatoms. The summed E-state index contributed by atoms with van der Waals surface area (Å²) in [7, 11) is -1.64. The van der Waals surface area contributed by atoms with Crippen molar-refractivity contribution >= 4 is 14.1 Å². The predicted molar refractivity (Wildman–Crippen MR) is 69.7 cm³/mol. The molecule has 2 nitrogen and oxygen atoms in total. The number of amides is 1. The number of carbonyl (C=O) groups is 1. The topological polar surface area (TPSA) is 20.3 Å². The van der Waals surface area contributed by atoms with E-state index < -0.39 is 8.24 Å². The zero-order chi connectivity index (χ0) is 12.1. The molecule has 1 aliphatic heterocycles. The molecule has 16 heavy (non-hydrogen) atoms. The summed E-state index contributed by atoms with van der Waals surface area (Å²) in [4.78, 5) is 12.2. The third-order valence-corrected chi connectivity index (χ3v) is 10.2. The molecule has 1 aliphatic carbocycles. The first-order valence-corrected chi connectivity index (χ1v) is 9.20. The van der Waals surface area contributed by atoms with Crippen molar-refractivity contribution in [3.8, 4) is 0 Å². The molecule has 0 N–H and O–H groups in total. The van der Waals surface area contributed by atoms with E-state index in [-0.39, 0.29) is 5.04 Å². The summed E-state index contributed by atoms with van der Waals surface area (Å²) in [6.07, 6.45) is 6.45. The van der Waals surface area contributed by atoms with E-state index in [1.807, 2.05) is 0 Å². The minimum Gasteiger partial charge on any atom is -0.365 e. The van der Waals surface area contributed by atoms with Gasteiger partial charge in [-0.15, -0.1) is 0 Å². The number of allylic oxidation sites excluding steroid dienone is 1. The number of carbonyl (C=O) groups excluding carboxylic acids is 1. The molecule has 0 aromatic rings. The van der Waals surface area contributed by atoms with Gasteiger partial charge in [0.1, 0.15) is 0 Å². The van der Waals surface area contributed by atoms with Crippen LogP contribution in [-0.4, -0.2) is 24.7 Å². The minimum absolute atomic E-state index is 0.259. The van der Waals surface area contributed by atoms with Crippen molar-refractivity contribution in [1.82, 2.24) is 4.57 Å². The average Bonchev–Trinajstić information content (AvgIpc) is 2.14. The number of rotatable bonds is 1. The molecule has 1 fully saturated rings. The fraction of sp³-hybridized carbons (Fsp3) is 0.769. The van der Waals surface area contributed by atoms with Crippen molar-refractivity contribution < 1.29 is 4.79 Å². The molecule has 0 radical (unpaired) electrons. The Morgan fingerprint density at radius 3 is 2.38 bits per heavy atom. The van der Waals surface area contributed by atoms with Crippen LogP contribution >= 0.6 is 0 Å². The lowest BCUT2D eigenvalue weighted by molar-refractivity contribution is -0.148. The molecule has 2 atom stereocenters. The minimum atomic E-state index is -1.64. The number of hydrogen-bond acceptors (Lipinski definition) is 1. The quantitative estimate of drug-likeness (QED) is 0.390. The lowest BCUT2D eigenvalue weighted by Crippen LogP contribution is -2.72. The molecular weight excluding hydrogens is 214 g/mol. The van der Waals surface area contributed by atoms with E-state index in [1.54, 1.807) is 0 Å². The molecule has 0 bridgehead atoms. The Hall–Kier alpha value is -0.573. The van der Waals surface area contributed by atoms with Gasteiger partial charge in [-0.05, 0) is 17.9 Å². The summed E-state index contributed by atoms with van der Waals surface area (Å²) in [5.41, 5.74) is 0. The van der Waals surface area contributed by atoms with Crippen molar-refractivity contribution in [3.63, 3.8) is 0 Å². The van der Waals surface area contributed by atoms with Gasteiger partial charge < -0.3 is 4.57 Å². The first kappa shape index (κ1) is 11.9. The highest BCUT2D eigenvalue weighted by molar-refractivity contribution is 6.80. The van der Waals surface area contributed by atoms with Crippen molar-refractivity contribution in [2.75, 3.05) is 0 Å². The predicted octanol–water partition coefficient (Wildman–Crippen LogP) is 3.17. The first-order chi connectivity index (χ1) is 7.27. The molecule has 90 valence electrons. The molecule has 0 aromatic heterocycles. The van der Waals surface area contributed by atoms with Crippen molar-refractivity contribution in [2.24, 2.45) is 5.92 Å².